The number of hydrogen-bond donors (Lipinski definition) is 1. The normalized spacial score (nSPS) is 13.2. The first kappa shape index (κ1) is 24.0. The number of Topliss-reactive ketones (excluding diaryl/α,β-unsaturated/α-hetero) is 1. The SMILES string of the molecule is COc1ccc(C(O)/C(=C/c2ccc(OC)c(OC)c2OC)C(=O)c2ccc3c(c2)OCO3)cc1. The first-order chi connectivity index (χ1) is 17.0. The summed E-state index contributed by atoms with van der Waals surface area (Å²) < 4.78 is 32.4. The van der Waals surface area contributed by atoms with Crippen molar-refractivity contribution in [3.63, 3.8) is 0 Å². The number of ketones is 1. The van der Waals surface area contributed by atoms with Gasteiger partial charge < -0.3 is 33.5 Å². The maximum absolute atomic E-state index is 13.7. The number of carbonyl (C=O) groups excluding carboxylic acids is 1. The minimum Gasteiger partial charge on any atom is -0.497 e. The van der Waals surface area contributed by atoms with Crippen LogP contribution in [-0.2, 0) is 0 Å². The fourth-order valence-corrected chi connectivity index (χ4v) is 3.84. The zero-order chi connectivity index (χ0) is 24.9. The number of benzene rings is 3. The molecule has 1 atom stereocenters. The summed E-state index contributed by atoms with van der Waals surface area (Å²) >= 11 is 0. The maximum atomic E-state index is 13.7. The summed E-state index contributed by atoms with van der Waals surface area (Å²) in [6, 6.07) is 15.2. The molecule has 1 aliphatic heterocycles. The first-order valence-corrected chi connectivity index (χ1v) is 10.8. The van der Waals surface area contributed by atoms with Crippen molar-refractivity contribution in [2.75, 3.05) is 35.2 Å². The standard InChI is InChI=1S/C27H26O8/c1-30-19-9-5-16(6-10-19)24(28)20(25(29)17-7-11-21-23(14-17)35-15-34-21)13-18-8-12-22(31-2)27(33-4)26(18)32-3/h5-14,24,28H,15H2,1-4H3/b20-13-. The largest absolute Gasteiger partial charge is 0.497 e. The summed E-state index contributed by atoms with van der Waals surface area (Å²) in [5.41, 5.74) is 1.51. The number of hydrogen-bond acceptors (Lipinski definition) is 8. The van der Waals surface area contributed by atoms with Gasteiger partial charge in [-0.05, 0) is 54.1 Å². The molecule has 3 aromatic carbocycles. The highest BCUT2D eigenvalue weighted by atomic mass is 16.7. The monoisotopic (exact) mass is 478 g/mol. The van der Waals surface area contributed by atoms with Gasteiger partial charge in [-0.1, -0.05) is 12.1 Å². The quantitative estimate of drug-likeness (QED) is 0.356. The van der Waals surface area contributed by atoms with E-state index in [2.05, 4.69) is 0 Å². The molecule has 0 aliphatic carbocycles. The van der Waals surface area contributed by atoms with Crippen LogP contribution >= 0.6 is 0 Å². The number of ether oxygens (including phenoxy) is 6. The lowest BCUT2D eigenvalue weighted by atomic mass is 9.92. The van der Waals surface area contributed by atoms with E-state index >= 15 is 0 Å². The highest BCUT2D eigenvalue weighted by molar-refractivity contribution is 6.12. The van der Waals surface area contributed by atoms with Crippen molar-refractivity contribution in [2.24, 2.45) is 0 Å². The van der Waals surface area contributed by atoms with Gasteiger partial charge in [0.1, 0.15) is 11.9 Å². The second-order valence-corrected chi connectivity index (χ2v) is 7.60. The number of aliphatic hydroxyl groups excluding tert-OH is 1. The maximum Gasteiger partial charge on any atom is 0.231 e. The van der Waals surface area contributed by atoms with E-state index in [1.165, 1.54) is 21.3 Å². The molecule has 8 heteroatoms. The topological polar surface area (TPSA) is 92.7 Å². The summed E-state index contributed by atoms with van der Waals surface area (Å²) in [5.74, 6) is 2.49. The van der Waals surface area contributed by atoms with Crippen molar-refractivity contribution in [3.05, 3.63) is 76.9 Å². The summed E-state index contributed by atoms with van der Waals surface area (Å²) in [4.78, 5) is 13.7. The molecule has 8 nitrogen and oxygen atoms in total. The van der Waals surface area contributed by atoms with Gasteiger partial charge in [-0.2, -0.15) is 0 Å². The lowest BCUT2D eigenvalue weighted by Gasteiger charge is -2.18. The zero-order valence-corrected chi connectivity index (χ0v) is 19.9. The summed E-state index contributed by atoms with van der Waals surface area (Å²) in [5, 5.41) is 11.3. The van der Waals surface area contributed by atoms with E-state index < -0.39 is 6.10 Å². The molecule has 0 spiro atoms. The van der Waals surface area contributed by atoms with Crippen molar-refractivity contribution in [1.29, 1.82) is 0 Å². The van der Waals surface area contributed by atoms with Crippen LogP contribution in [0.25, 0.3) is 6.08 Å². The van der Waals surface area contributed by atoms with Crippen LogP contribution in [0.5, 0.6) is 34.5 Å². The summed E-state index contributed by atoms with van der Waals surface area (Å²) in [6.45, 7) is 0.0903. The van der Waals surface area contributed by atoms with E-state index in [1.54, 1.807) is 67.8 Å². The van der Waals surface area contributed by atoms with Crippen molar-refractivity contribution in [2.45, 2.75) is 6.10 Å². The van der Waals surface area contributed by atoms with Gasteiger partial charge in [0.2, 0.25) is 12.5 Å². The van der Waals surface area contributed by atoms with Gasteiger partial charge in [0.05, 0.1) is 28.4 Å². The van der Waals surface area contributed by atoms with Gasteiger partial charge in [0, 0.05) is 16.7 Å². The van der Waals surface area contributed by atoms with Gasteiger partial charge in [0.25, 0.3) is 0 Å². The van der Waals surface area contributed by atoms with Gasteiger partial charge in [-0.15, -0.1) is 0 Å². The van der Waals surface area contributed by atoms with Crippen LogP contribution in [0, 0.1) is 0 Å². The first-order valence-electron chi connectivity index (χ1n) is 10.8. The van der Waals surface area contributed by atoms with E-state index in [1.807, 2.05) is 0 Å². The number of rotatable bonds is 9. The molecule has 1 heterocycles. The molecule has 0 saturated carbocycles. The van der Waals surface area contributed by atoms with Crippen molar-refractivity contribution < 1.29 is 38.3 Å². The lowest BCUT2D eigenvalue weighted by molar-refractivity contribution is 0.0989. The van der Waals surface area contributed by atoms with Crippen LogP contribution in [0.2, 0.25) is 0 Å². The fraction of sp³-hybridized carbons (Fsp3) is 0.222. The minimum atomic E-state index is -1.24. The Balaban J connectivity index is 1.84. The molecule has 3 aromatic rings. The highest BCUT2D eigenvalue weighted by Gasteiger charge is 2.26. The van der Waals surface area contributed by atoms with Gasteiger partial charge in [0.15, 0.2) is 28.8 Å². The Hall–Kier alpha value is -4.17. The molecule has 0 bridgehead atoms. The lowest BCUT2D eigenvalue weighted by Crippen LogP contribution is -2.12. The van der Waals surface area contributed by atoms with E-state index in [0.29, 0.717) is 51.2 Å². The Kier molecular flexibility index (Phi) is 7.12. The Morgan fingerprint density at radius 3 is 2.23 bits per heavy atom. The molecule has 4 rings (SSSR count). The number of methoxy groups -OCH3 is 4. The molecule has 182 valence electrons. The van der Waals surface area contributed by atoms with Gasteiger partial charge in [-0.25, -0.2) is 0 Å². The molecule has 0 aromatic heterocycles. The fourth-order valence-electron chi connectivity index (χ4n) is 3.84. The van der Waals surface area contributed by atoms with Crippen molar-refractivity contribution in [3.8, 4) is 34.5 Å². The van der Waals surface area contributed by atoms with Crippen LogP contribution in [0.3, 0.4) is 0 Å². The van der Waals surface area contributed by atoms with E-state index in [9.17, 15) is 9.90 Å². The molecular formula is C27H26O8. The average Bonchev–Trinajstić information content (AvgIpc) is 3.38. The van der Waals surface area contributed by atoms with Crippen LogP contribution < -0.4 is 28.4 Å². The summed E-state index contributed by atoms with van der Waals surface area (Å²) in [6.07, 6.45) is 0.347. The highest BCUT2D eigenvalue weighted by Crippen LogP contribution is 2.42. The van der Waals surface area contributed by atoms with Crippen LogP contribution in [0.15, 0.2) is 60.2 Å². The summed E-state index contributed by atoms with van der Waals surface area (Å²) in [7, 11) is 6.07. The zero-order valence-electron chi connectivity index (χ0n) is 19.9. The Bertz CT molecular complexity index is 1250. The predicted octanol–water partition coefficient (Wildman–Crippen LogP) is 4.45. The van der Waals surface area contributed by atoms with Crippen LogP contribution in [0.4, 0.5) is 0 Å². The molecular weight excluding hydrogens is 452 g/mol. The Morgan fingerprint density at radius 2 is 1.57 bits per heavy atom. The minimum absolute atomic E-state index is 0.0903. The third-order valence-corrected chi connectivity index (χ3v) is 5.67. The number of fused-ring (bicyclic) bond motifs is 1. The molecule has 0 amide bonds. The second kappa shape index (κ2) is 10.4. The third kappa shape index (κ3) is 4.74. The second-order valence-electron chi connectivity index (χ2n) is 7.60. The van der Waals surface area contributed by atoms with Gasteiger partial charge in [-0.3, -0.25) is 4.79 Å². The molecule has 0 fully saturated rings. The number of carbonyl (C=O) groups is 1. The van der Waals surface area contributed by atoms with Crippen molar-refractivity contribution >= 4 is 11.9 Å². The number of aliphatic hydroxyl groups is 1. The van der Waals surface area contributed by atoms with E-state index in [-0.39, 0.29) is 18.1 Å². The van der Waals surface area contributed by atoms with Gasteiger partial charge >= 0.3 is 0 Å². The smallest absolute Gasteiger partial charge is 0.231 e. The Labute approximate surface area is 203 Å². The van der Waals surface area contributed by atoms with E-state index in [0.717, 1.165) is 0 Å². The molecule has 35 heavy (non-hydrogen) atoms. The average molecular weight is 478 g/mol. The molecule has 1 N–H and O–H groups in total. The molecule has 1 unspecified atom stereocenters. The third-order valence-electron chi connectivity index (χ3n) is 5.67. The van der Waals surface area contributed by atoms with Crippen LogP contribution in [-0.4, -0.2) is 46.1 Å². The predicted molar refractivity (Wildman–Crippen MR) is 129 cm³/mol. The molecule has 1 aliphatic rings. The molecule has 0 radical (unpaired) electrons. The Morgan fingerprint density at radius 1 is 0.857 bits per heavy atom. The van der Waals surface area contributed by atoms with Crippen LogP contribution in [0.1, 0.15) is 27.6 Å². The van der Waals surface area contributed by atoms with E-state index in [4.69, 9.17) is 28.4 Å². The molecule has 0 saturated heterocycles. The van der Waals surface area contributed by atoms with Crippen molar-refractivity contribution in [1.82, 2.24) is 0 Å².